The summed E-state index contributed by atoms with van der Waals surface area (Å²) >= 11 is 1.96. The van der Waals surface area contributed by atoms with Gasteiger partial charge in [-0.1, -0.05) is 47.0 Å². The standard InChI is InChI=1S/C21H37NO2S/c1-5-8-9-10-12-22-18-14-17(13-16(4)25-7-3)15-20(24)21(18)19(23)11-6-2/h16-17,23H,5-15H2,1-4H3. The molecule has 1 aliphatic rings. The molecular weight excluding hydrogens is 330 g/mol. The number of aliphatic hydroxyl groups is 1. The van der Waals surface area contributed by atoms with Gasteiger partial charge in [0.2, 0.25) is 0 Å². The largest absolute Gasteiger partial charge is 0.511 e. The highest BCUT2D eigenvalue weighted by molar-refractivity contribution is 7.99. The second-order valence-electron chi connectivity index (χ2n) is 7.16. The molecule has 0 heterocycles. The van der Waals surface area contributed by atoms with Crippen molar-refractivity contribution in [2.75, 3.05) is 12.3 Å². The summed E-state index contributed by atoms with van der Waals surface area (Å²) in [5.41, 5.74) is 1.42. The van der Waals surface area contributed by atoms with E-state index in [0.717, 1.165) is 43.7 Å². The van der Waals surface area contributed by atoms with Crippen molar-refractivity contribution in [3.05, 3.63) is 11.3 Å². The van der Waals surface area contributed by atoms with Crippen LogP contribution in [0, 0.1) is 5.92 Å². The monoisotopic (exact) mass is 367 g/mol. The summed E-state index contributed by atoms with van der Waals surface area (Å²) in [4.78, 5) is 17.5. The van der Waals surface area contributed by atoms with Crippen molar-refractivity contribution in [3.8, 4) is 0 Å². The molecule has 25 heavy (non-hydrogen) atoms. The Morgan fingerprint density at radius 3 is 2.60 bits per heavy atom. The first kappa shape index (κ1) is 22.3. The Bertz CT molecular complexity index is 471. The number of hydrogen-bond donors (Lipinski definition) is 1. The maximum atomic E-state index is 12.7. The number of carbonyl (C=O) groups is 1. The van der Waals surface area contributed by atoms with Crippen molar-refractivity contribution in [2.45, 2.75) is 90.7 Å². The predicted octanol–water partition coefficient (Wildman–Crippen LogP) is 6.13. The third-order valence-corrected chi connectivity index (χ3v) is 5.82. The maximum absolute atomic E-state index is 12.7. The minimum atomic E-state index is 0.100. The fraction of sp³-hybridized carbons (Fsp3) is 0.810. The van der Waals surface area contributed by atoms with Crippen LogP contribution in [-0.4, -0.2) is 34.1 Å². The van der Waals surface area contributed by atoms with Gasteiger partial charge in [-0.2, -0.15) is 11.8 Å². The van der Waals surface area contributed by atoms with Gasteiger partial charge in [-0.3, -0.25) is 9.79 Å². The highest BCUT2D eigenvalue weighted by Crippen LogP contribution is 2.32. The van der Waals surface area contributed by atoms with Gasteiger partial charge in [0, 0.05) is 30.3 Å². The Hall–Kier alpha value is -0.770. The minimum Gasteiger partial charge on any atom is -0.511 e. The lowest BCUT2D eigenvalue weighted by Crippen LogP contribution is -2.29. The maximum Gasteiger partial charge on any atom is 0.168 e. The Balaban J connectivity index is 2.85. The molecule has 0 amide bonds. The molecule has 1 rings (SSSR count). The van der Waals surface area contributed by atoms with Crippen molar-refractivity contribution >= 4 is 23.3 Å². The highest BCUT2D eigenvalue weighted by Gasteiger charge is 2.31. The van der Waals surface area contributed by atoms with Gasteiger partial charge in [0.25, 0.3) is 0 Å². The lowest BCUT2D eigenvalue weighted by Gasteiger charge is -2.27. The number of aliphatic hydroxyl groups excluding tert-OH is 1. The van der Waals surface area contributed by atoms with E-state index in [4.69, 9.17) is 4.99 Å². The van der Waals surface area contributed by atoms with Crippen LogP contribution < -0.4 is 0 Å². The third-order valence-electron chi connectivity index (χ3n) is 4.73. The van der Waals surface area contributed by atoms with Gasteiger partial charge in [0.1, 0.15) is 5.76 Å². The zero-order chi connectivity index (χ0) is 18.7. The number of carbonyl (C=O) groups excluding carboxylic acids is 1. The molecule has 0 aromatic carbocycles. The molecule has 3 nitrogen and oxygen atoms in total. The highest BCUT2D eigenvalue weighted by atomic mass is 32.2. The van der Waals surface area contributed by atoms with Crippen molar-refractivity contribution < 1.29 is 9.90 Å². The molecule has 0 aliphatic heterocycles. The van der Waals surface area contributed by atoms with E-state index < -0.39 is 0 Å². The smallest absolute Gasteiger partial charge is 0.168 e. The first-order valence-electron chi connectivity index (χ1n) is 10.1. The summed E-state index contributed by atoms with van der Waals surface area (Å²) in [5, 5.41) is 11.0. The Labute approximate surface area is 158 Å². The average Bonchev–Trinajstić information content (AvgIpc) is 2.54. The average molecular weight is 368 g/mol. The van der Waals surface area contributed by atoms with Crippen molar-refractivity contribution in [3.63, 3.8) is 0 Å². The normalized spacial score (nSPS) is 23.1. The van der Waals surface area contributed by atoms with Gasteiger partial charge in [-0.15, -0.1) is 0 Å². The van der Waals surface area contributed by atoms with Crippen LogP contribution in [0.3, 0.4) is 0 Å². The van der Waals surface area contributed by atoms with Crippen LogP contribution in [0.1, 0.15) is 85.5 Å². The molecule has 0 spiro atoms. The molecule has 2 unspecified atom stereocenters. The van der Waals surface area contributed by atoms with E-state index >= 15 is 0 Å². The van der Waals surface area contributed by atoms with Crippen molar-refractivity contribution in [1.29, 1.82) is 0 Å². The zero-order valence-electron chi connectivity index (χ0n) is 16.6. The van der Waals surface area contributed by atoms with Gasteiger partial charge in [-0.25, -0.2) is 0 Å². The summed E-state index contributed by atoms with van der Waals surface area (Å²) in [5.74, 6) is 1.84. The lowest BCUT2D eigenvalue weighted by atomic mass is 9.80. The SMILES string of the molecule is CCCCCCN=C1CC(CC(C)SCC)CC(=O)C1=C(O)CCC. The fourth-order valence-corrected chi connectivity index (χ4v) is 4.52. The number of aliphatic imine (C=N–C) groups is 1. The molecule has 2 atom stereocenters. The quantitative estimate of drug-likeness (QED) is 0.271. The second-order valence-corrected chi connectivity index (χ2v) is 8.88. The summed E-state index contributed by atoms with van der Waals surface area (Å²) < 4.78 is 0. The molecule has 0 aromatic rings. The van der Waals surface area contributed by atoms with E-state index in [0.29, 0.717) is 29.6 Å². The number of allylic oxidation sites excluding steroid dienone is 2. The molecule has 1 aliphatic carbocycles. The van der Waals surface area contributed by atoms with Crippen LogP contribution in [0.25, 0.3) is 0 Å². The van der Waals surface area contributed by atoms with Crippen LogP contribution in [0.4, 0.5) is 0 Å². The summed E-state index contributed by atoms with van der Waals surface area (Å²) in [6.07, 6.45) is 8.59. The molecule has 1 fully saturated rings. The molecule has 0 aromatic heterocycles. The number of unbranched alkanes of at least 4 members (excludes halogenated alkanes) is 3. The number of thioether (sulfide) groups is 1. The Morgan fingerprint density at radius 2 is 1.96 bits per heavy atom. The molecule has 0 saturated heterocycles. The molecule has 1 saturated carbocycles. The van der Waals surface area contributed by atoms with Gasteiger partial charge in [0.05, 0.1) is 5.57 Å². The van der Waals surface area contributed by atoms with E-state index in [1.807, 2.05) is 18.7 Å². The van der Waals surface area contributed by atoms with E-state index in [2.05, 4.69) is 20.8 Å². The predicted molar refractivity (Wildman–Crippen MR) is 111 cm³/mol. The van der Waals surface area contributed by atoms with Crippen molar-refractivity contribution in [2.24, 2.45) is 10.9 Å². The zero-order valence-corrected chi connectivity index (χ0v) is 17.5. The van der Waals surface area contributed by atoms with Gasteiger partial charge in [-0.05, 0) is 37.4 Å². The number of rotatable bonds is 11. The molecular formula is C21H37NO2S. The van der Waals surface area contributed by atoms with Crippen LogP contribution in [0.15, 0.2) is 16.3 Å². The minimum absolute atomic E-state index is 0.100. The van der Waals surface area contributed by atoms with Crippen LogP contribution in [-0.2, 0) is 4.79 Å². The second kappa shape index (κ2) is 12.6. The topological polar surface area (TPSA) is 49.7 Å². The first-order chi connectivity index (χ1) is 12.0. The van der Waals surface area contributed by atoms with Crippen LogP contribution >= 0.6 is 11.8 Å². The van der Waals surface area contributed by atoms with Crippen molar-refractivity contribution in [1.82, 2.24) is 0 Å². The van der Waals surface area contributed by atoms with E-state index in [1.54, 1.807) is 0 Å². The number of nitrogens with zero attached hydrogens (tertiary/aromatic N) is 1. The Morgan fingerprint density at radius 1 is 1.20 bits per heavy atom. The van der Waals surface area contributed by atoms with E-state index in [9.17, 15) is 9.90 Å². The molecule has 0 bridgehead atoms. The Kier molecular flexibility index (Phi) is 11.2. The summed E-state index contributed by atoms with van der Waals surface area (Å²) in [6, 6.07) is 0. The third kappa shape index (κ3) is 7.98. The summed E-state index contributed by atoms with van der Waals surface area (Å²) in [7, 11) is 0. The molecule has 4 heteroatoms. The lowest BCUT2D eigenvalue weighted by molar-refractivity contribution is -0.116. The van der Waals surface area contributed by atoms with Crippen LogP contribution in [0.5, 0.6) is 0 Å². The number of ketones is 1. The van der Waals surface area contributed by atoms with Gasteiger partial charge < -0.3 is 5.11 Å². The molecule has 144 valence electrons. The number of hydrogen-bond acceptors (Lipinski definition) is 4. The van der Waals surface area contributed by atoms with E-state index in [1.165, 1.54) is 19.3 Å². The number of Topliss-reactive ketones (excluding diaryl/α,β-unsaturated/α-hetero) is 1. The fourth-order valence-electron chi connectivity index (χ4n) is 3.55. The summed E-state index contributed by atoms with van der Waals surface area (Å²) in [6.45, 7) is 9.44. The molecule has 1 N–H and O–H groups in total. The molecule has 0 radical (unpaired) electrons. The van der Waals surface area contributed by atoms with Gasteiger partial charge in [0.15, 0.2) is 5.78 Å². The van der Waals surface area contributed by atoms with E-state index in [-0.39, 0.29) is 11.5 Å². The van der Waals surface area contributed by atoms with Gasteiger partial charge >= 0.3 is 0 Å². The van der Waals surface area contributed by atoms with Crippen LogP contribution in [0.2, 0.25) is 0 Å². The first-order valence-corrected chi connectivity index (χ1v) is 11.2.